The molecule has 0 spiro atoms. The molecule has 5 aromatic rings. The molecule has 0 unspecified atom stereocenters. The number of halogens is 3. The predicted molar refractivity (Wildman–Crippen MR) is 131 cm³/mol. The molecule has 0 N–H and O–H groups in total. The lowest BCUT2D eigenvalue weighted by molar-refractivity contribution is -0.154. The number of rotatable bonds is 6. The summed E-state index contributed by atoms with van der Waals surface area (Å²) in [6.07, 6.45) is -1.52. The molecule has 2 heterocycles. The minimum absolute atomic E-state index is 0.0432. The molecule has 0 aliphatic rings. The van der Waals surface area contributed by atoms with Crippen LogP contribution in [0.1, 0.15) is 22.5 Å². The van der Waals surface area contributed by atoms with Gasteiger partial charge in [-0.1, -0.05) is 36.4 Å². The van der Waals surface area contributed by atoms with Crippen molar-refractivity contribution < 1.29 is 27.1 Å². The third kappa shape index (κ3) is 4.80. The van der Waals surface area contributed by atoms with Crippen molar-refractivity contribution in [1.29, 1.82) is 0 Å². The Kier molecular flexibility index (Phi) is 6.20. The highest BCUT2D eigenvalue weighted by atomic mass is 19.4. The maximum Gasteiger partial charge on any atom is 0.453 e. The molecular formula is C28H21F3N2O4. The van der Waals surface area contributed by atoms with E-state index in [-0.39, 0.29) is 34.6 Å². The molecular weight excluding hydrogens is 485 g/mol. The fourth-order valence-corrected chi connectivity index (χ4v) is 3.89. The van der Waals surface area contributed by atoms with E-state index in [1.54, 1.807) is 42.2 Å². The van der Waals surface area contributed by atoms with E-state index in [2.05, 4.69) is 5.10 Å². The molecule has 0 fully saturated rings. The van der Waals surface area contributed by atoms with Crippen molar-refractivity contribution in [2.45, 2.75) is 26.6 Å². The highest BCUT2D eigenvalue weighted by molar-refractivity contribution is 5.83. The van der Waals surface area contributed by atoms with E-state index >= 15 is 0 Å². The smallest absolute Gasteiger partial charge is 0.453 e. The van der Waals surface area contributed by atoms with E-state index in [1.807, 2.05) is 30.3 Å². The van der Waals surface area contributed by atoms with Gasteiger partial charge in [-0.3, -0.25) is 4.79 Å². The third-order valence-corrected chi connectivity index (χ3v) is 5.83. The molecule has 0 aliphatic heterocycles. The number of para-hydroxylation sites is 2. The summed E-state index contributed by atoms with van der Waals surface area (Å²) in [6.45, 7) is 3.32. The van der Waals surface area contributed by atoms with Crippen molar-refractivity contribution in [3.63, 3.8) is 0 Å². The largest absolute Gasteiger partial charge is 0.488 e. The van der Waals surface area contributed by atoms with Crippen molar-refractivity contribution in [1.82, 2.24) is 9.78 Å². The number of aryl methyl sites for hydroxylation is 2. The summed E-state index contributed by atoms with van der Waals surface area (Å²) < 4.78 is 60.1. The maximum absolute atomic E-state index is 14.0. The molecule has 0 saturated carbocycles. The monoisotopic (exact) mass is 506 g/mol. The molecule has 0 saturated heterocycles. The van der Waals surface area contributed by atoms with E-state index in [9.17, 15) is 18.0 Å². The normalized spacial score (nSPS) is 11.6. The summed E-state index contributed by atoms with van der Waals surface area (Å²) in [7, 11) is 0. The zero-order chi connectivity index (χ0) is 26.2. The number of hydrogen-bond donors (Lipinski definition) is 0. The van der Waals surface area contributed by atoms with E-state index in [4.69, 9.17) is 13.9 Å². The average Bonchev–Trinajstić information content (AvgIpc) is 3.35. The van der Waals surface area contributed by atoms with Crippen LogP contribution in [0.5, 0.6) is 17.2 Å². The number of aromatic nitrogens is 2. The molecule has 0 aliphatic carbocycles. The molecule has 5 rings (SSSR count). The van der Waals surface area contributed by atoms with E-state index in [1.165, 1.54) is 25.1 Å². The lowest BCUT2D eigenvalue weighted by atomic mass is 10.1. The van der Waals surface area contributed by atoms with E-state index < -0.39 is 23.1 Å². The first-order valence-electron chi connectivity index (χ1n) is 11.3. The number of benzene rings is 3. The summed E-state index contributed by atoms with van der Waals surface area (Å²) in [4.78, 5) is 13.2. The molecule has 37 heavy (non-hydrogen) atoms. The Morgan fingerprint density at radius 1 is 0.946 bits per heavy atom. The third-order valence-electron chi connectivity index (χ3n) is 5.83. The van der Waals surface area contributed by atoms with Crippen LogP contribution in [0.25, 0.3) is 16.7 Å². The summed E-state index contributed by atoms with van der Waals surface area (Å²) >= 11 is 0. The van der Waals surface area contributed by atoms with Gasteiger partial charge in [0.25, 0.3) is 5.76 Å². The van der Waals surface area contributed by atoms with Crippen molar-refractivity contribution in [2.75, 3.05) is 0 Å². The van der Waals surface area contributed by atoms with Crippen LogP contribution in [0.15, 0.2) is 88.3 Å². The standard InChI is InChI=1S/C28H21F3N2O4/c1-17-8-6-7-11-22(17)36-26-24(34)21-12-13-23(18(2)25(21)37-27(26)28(29,30)31)35-16-19-14-32-33(15-19)20-9-4-3-5-10-20/h3-15H,16H2,1-2H3. The minimum Gasteiger partial charge on any atom is -0.488 e. The number of alkyl halides is 3. The second-order valence-corrected chi connectivity index (χ2v) is 8.44. The highest BCUT2D eigenvalue weighted by Gasteiger charge is 2.41. The molecule has 6 nitrogen and oxygen atoms in total. The molecule has 0 bridgehead atoms. The highest BCUT2D eigenvalue weighted by Crippen LogP contribution is 2.40. The second kappa shape index (κ2) is 9.50. The van der Waals surface area contributed by atoms with Crippen LogP contribution in [0.2, 0.25) is 0 Å². The van der Waals surface area contributed by atoms with E-state index in [0.717, 1.165) is 11.3 Å². The first-order chi connectivity index (χ1) is 17.7. The number of fused-ring (bicyclic) bond motifs is 1. The van der Waals surface area contributed by atoms with Crippen molar-refractivity contribution >= 4 is 11.0 Å². The molecule has 0 amide bonds. The zero-order valence-electron chi connectivity index (χ0n) is 19.9. The fraction of sp³-hybridized carbons (Fsp3) is 0.143. The zero-order valence-corrected chi connectivity index (χ0v) is 19.9. The Labute approximate surface area is 209 Å². The second-order valence-electron chi connectivity index (χ2n) is 8.44. The Bertz CT molecular complexity index is 1640. The van der Waals surface area contributed by atoms with Crippen LogP contribution >= 0.6 is 0 Å². The van der Waals surface area contributed by atoms with Gasteiger partial charge in [-0.15, -0.1) is 0 Å². The average molecular weight is 506 g/mol. The number of ether oxygens (including phenoxy) is 2. The minimum atomic E-state index is -4.96. The van der Waals surface area contributed by atoms with Gasteiger partial charge in [-0.05, 0) is 49.7 Å². The molecule has 2 aromatic heterocycles. The molecule has 9 heteroatoms. The van der Waals surface area contributed by atoms with Gasteiger partial charge in [-0.2, -0.15) is 18.3 Å². The first-order valence-corrected chi connectivity index (χ1v) is 11.3. The van der Waals surface area contributed by atoms with Crippen molar-refractivity contribution in [2.24, 2.45) is 0 Å². The molecule has 0 radical (unpaired) electrons. The maximum atomic E-state index is 14.0. The summed E-state index contributed by atoms with van der Waals surface area (Å²) in [5.74, 6) is -2.00. The van der Waals surface area contributed by atoms with Gasteiger partial charge in [0.05, 0.1) is 17.3 Å². The SMILES string of the molecule is Cc1ccccc1Oc1c(C(F)(F)F)oc2c(C)c(OCc3cnn(-c4ccccc4)c3)ccc2c1=O. The summed E-state index contributed by atoms with van der Waals surface area (Å²) in [6, 6.07) is 18.9. The number of hydrogen-bond acceptors (Lipinski definition) is 5. The van der Waals surface area contributed by atoms with Gasteiger partial charge < -0.3 is 13.9 Å². The van der Waals surface area contributed by atoms with Gasteiger partial charge >= 0.3 is 6.18 Å². The quantitative estimate of drug-likeness (QED) is 0.248. The number of nitrogens with zero attached hydrogens (tertiary/aromatic N) is 2. The summed E-state index contributed by atoms with van der Waals surface area (Å²) in [5, 5.41) is 4.27. The Morgan fingerprint density at radius 3 is 2.41 bits per heavy atom. The molecule has 188 valence electrons. The van der Waals surface area contributed by atoms with E-state index in [0.29, 0.717) is 5.56 Å². The van der Waals surface area contributed by atoms with Crippen LogP contribution in [-0.4, -0.2) is 9.78 Å². The van der Waals surface area contributed by atoms with Crippen molar-refractivity contribution in [3.8, 4) is 22.9 Å². The summed E-state index contributed by atoms with van der Waals surface area (Å²) in [5.41, 5.74) is 1.33. The lowest BCUT2D eigenvalue weighted by Crippen LogP contribution is -2.16. The predicted octanol–water partition coefficient (Wildman–Crippen LogP) is 6.99. The topological polar surface area (TPSA) is 66.5 Å². The van der Waals surface area contributed by atoms with Crippen LogP contribution in [0, 0.1) is 13.8 Å². The van der Waals surface area contributed by atoms with Crippen LogP contribution in [-0.2, 0) is 12.8 Å². The van der Waals surface area contributed by atoms with Gasteiger partial charge in [0.15, 0.2) is 0 Å². The fourth-order valence-electron chi connectivity index (χ4n) is 3.89. The molecule has 0 atom stereocenters. The van der Waals surface area contributed by atoms with Gasteiger partial charge in [-0.25, -0.2) is 4.68 Å². The van der Waals surface area contributed by atoms with Gasteiger partial charge in [0.1, 0.15) is 23.7 Å². The van der Waals surface area contributed by atoms with Gasteiger partial charge in [0, 0.05) is 17.3 Å². The Hall–Kier alpha value is -4.53. The van der Waals surface area contributed by atoms with Gasteiger partial charge in [0.2, 0.25) is 11.2 Å². The first kappa shape index (κ1) is 24.2. The van der Waals surface area contributed by atoms with Crippen LogP contribution in [0.3, 0.4) is 0 Å². The molecule has 3 aromatic carbocycles. The lowest BCUT2D eigenvalue weighted by Gasteiger charge is -2.16. The van der Waals surface area contributed by atoms with Crippen LogP contribution in [0.4, 0.5) is 13.2 Å². The van der Waals surface area contributed by atoms with Crippen LogP contribution < -0.4 is 14.9 Å². The Balaban J connectivity index is 1.49. The van der Waals surface area contributed by atoms with Crippen molar-refractivity contribution in [3.05, 3.63) is 112 Å². The Morgan fingerprint density at radius 2 is 1.68 bits per heavy atom.